The molecule has 6 heteroatoms. The highest BCUT2D eigenvalue weighted by molar-refractivity contribution is 5.71. The molecule has 100 valence electrons. The lowest BCUT2D eigenvalue weighted by atomic mass is 9.89. The Bertz CT molecular complexity index is 250. The molecule has 1 unspecified atom stereocenters. The van der Waals surface area contributed by atoms with E-state index in [1.807, 2.05) is 0 Å². The molecule has 0 heterocycles. The van der Waals surface area contributed by atoms with Crippen LogP contribution < -0.4 is 5.32 Å². The number of rotatable bonds is 5. The largest absolute Gasteiger partial charge is 0.481 e. The van der Waals surface area contributed by atoms with Crippen molar-refractivity contribution in [1.82, 2.24) is 5.32 Å². The van der Waals surface area contributed by atoms with Crippen LogP contribution in [-0.4, -0.2) is 30.3 Å². The summed E-state index contributed by atoms with van der Waals surface area (Å²) in [6, 6.07) is 0. The first kappa shape index (κ1) is 14.3. The Morgan fingerprint density at radius 1 is 1.29 bits per heavy atom. The lowest BCUT2D eigenvalue weighted by Crippen LogP contribution is -2.40. The van der Waals surface area contributed by atoms with Gasteiger partial charge < -0.3 is 10.4 Å². The van der Waals surface area contributed by atoms with E-state index in [0.29, 0.717) is 12.5 Å². The minimum atomic E-state index is -4.68. The Balaban J connectivity index is 2.29. The molecule has 0 amide bonds. The monoisotopic (exact) mass is 253 g/mol. The van der Waals surface area contributed by atoms with Gasteiger partial charge in [-0.25, -0.2) is 0 Å². The molecule has 17 heavy (non-hydrogen) atoms. The van der Waals surface area contributed by atoms with Gasteiger partial charge >= 0.3 is 12.1 Å². The summed E-state index contributed by atoms with van der Waals surface area (Å²) in [6.07, 6.45) is 0.803. The number of carboxylic acids is 1. The number of carbonyl (C=O) groups is 1. The minimum absolute atomic E-state index is 0.395. The third-order valence-corrected chi connectivity index (χ3v) is 3.20. The second-order valence-electron chi connectivity index (χ2n) is 4.59. The van der Waals surface area contributed by atoms with Gasteiger partial charge in [0.2, 0.25) is 0 Å². The van der Waals surface area contributed by atoms with Gasteiger partial charge in [-0.15, -0.1) is 0 Å². The molecular formula is C11H18F3NO2. The van der Waals surface area contributed by atoms with Crippen molar-refractivity contribution in [2.75, 3.05) is 13.1 Å². The van der Waals surface area contributed by atoms with Crippen LogP contribution in [0.4, 0.5) is 13.2 Å². The van der Waals surface area contributed by atoms with Crippen LogP contribution in [0.25, 0.3) is 0 Å². The molecule has 1 saturated carbocycles. The molecule has 1 aliphatic rings. The van der Waals surface area contributed by atoms with E-state index >= 15 is 0 Å². The van der Waals surface area contributed by atoms with Crippen molar-refractivity contribution in [3.05, 3.63) is 0 Å². The third-order valence-electron chi connectivity index (χ3n) is 3.20. The van der Waals surface area contributed by atoms with E-state index in [1.165, 1.54) is 6.42 Å². The molecule has 1 rings (SSSR count). The van der Waals surface area contributed by atoms with Crippen molar-refractivity contribution in [2.24, 2.45) is 11.8 Å². The predicted molar refractivity (Wildman–Crippen MR) is 56.6 cm³/mol. The highest BCUT2D eigenvalue weighted by Crippen LogP contribution is 2.26. The predicted octanol–water partition coefficient (Wildman–Crippen LogP) is 2.42. The van der Waals surface area contributed by atoms with E-state index in [-0.39, 0.29) is 0 Å². The maximum absolute atomic E-state index is 12.3. The Morgan fingerprint density at radius 2 is 1.88 bits per heavy atom. The molecule has 0 bridgehead atoms. The van der Waals surface area contributed by atoms with E-state index in [1.54, 1.807) is 0 Å². The number of hydrogen-bond acceptors (Lipinski definition) is 2. The Labute approximate surface area is 98.4 Å². The van der Waals surface area contributed by atoms with Gasteiger partial charge in [0.15, 0.2) is 5.92 Å². The molecule has 0 saturated heterocycles. The second kappa shape index (κ2) is 6.23. The van der Waals surface area contributed by atoms with Crippen LogP contribution in [0.5, 0.6) is 0 Å². The molecule has 0 aromatic carbocycles. The number of carboxylic acid groups (broad SMARTS) is 1. The second-order valence-corrected chi connectivity index (χ2v) is 4.59. The maximum Gasteiger partial charge on any atom is 0.403 e. The van der Waals surface area contributed by atoms with E-state index in [4.69, 9.17) is 5.11 Å². The smallest absolute Gasteiger partial charge is 0.403 e. The molecule has 1 fully saturated rings. The van der Waals surface area contributed by atoms with Gasteiger partial charge in [0.05, 0.1) is 0 Å². The fourth-order valence-electron chi connectivity index (χ4n) is 2.17. The van der Waals surface area contributed by atoms with Crippen molar-refractivity contribution in [3.63, 3.8) is 0 Å². The average molecular weight is 253 g/mol. The lowest BCUT2D eigenvalue weighted by molar-refractivity contribution is -0.192. The van der Waals surface area contributed by atoms with Gasteiger partial charge in [-0.05, 0) is 25.3 Å². The molecule has 0 spiro atoms. The summed E-state index contributed by atoms with van der Waals surface area (Å²) in [5.74, 6) is -3.72. The molecule has 3 nitrogen and oxygen atoms in total. The van der Waals surface area contributed by atoms with Crippen molar-refractivity contribution in [2.45, 2.75) is 38.3 Å². The van der Waals surface area contributed by atoms with Crippen molar-refractivity contribution < 1.29 is 23.1 Å². The van der Waals surface area contributed by atoms with E-state index in [0.717, 1.165) is 25.7 Å². The molecule has 0 radical (unpaired) electrons. The van der Waals surface area contributed by atoms with E-state index < -0.39 is 24.6 Å². The van der Waals surface area contributed by atoms with Gasteiger partial charge in [0.1, 0.15) is 0 Å². The fourth-order valence-corrected chi connectivity index (χ4v) is 2.17. The zero-order valence-electron chi connectivity index (χ0n) is 9.59. The summed E-state index contributed by atoms with van der Waals surface area (Å²) >= 11 is 0. The zero-order chi connectivity index (χ0) is 12.9. The molecular weight excluding hydrogens is 235 g/mol. The molecule has 2 N–H and O–H groups in total. The average Bonchev–Trinajstić information content (AvgIpc) is 2.23. The maximum atomic E-state index is 12.3. The highest BCUT2D eigenvalue weighted by atomic mass is 19.4. The number of aliphatic carboxylic acids is 1. The molecule has 0 aliphatic heterocycles. The number of halogens is 3. The standard InChI is InChI=1S/C11H18F3NO2/c12-11(13,14)9(10(16)17)7-15-6-8-4-2-1-3-5-8/h8-9,15H,1-7H2,(H,16,17). The van der Waals surface area contributed by atoms with Gasteiger partial charge in [0, 0.05) is 6.54 Å². The number of alkyl halides is 3. The topological polar surface area (TPSA) is 49.3 Å². The summed E-state index contributed by atoms with van der Waals surface area (Å²) < 4.78 is 36.9. The lowest BCUT2D eigenvalue weighted by Gasteiger charge is -2.23. The van der Waals surface area contributed by atoms with E-state index in [9.17, 15) is 18.0 Å². The van der Waals surface area contributed by atoms with Gasteiger partial charge in [0.25, 0.3) is 0 Å². The number of nitrogens with one attached hydrogen (secondary N) is 1. The van der Waals surface area contributed by atoms with Crippen LogP contribution in [-0.2, 0) is 4.79 Å². The molecule has 1 aliphatic carbocycles. The SMILES string of the molecule is O=C(O)C(CNCC1CCCCC1)C(F)(F)F. The third kappa shape index (κ3) is 4.93. The van der Waals surface area contributed by atoms with Crippen molar-refractivity contribution >= 4 is 5.97 Å². The molecule has 0 aromatic heterocycles. The van der Waals surface area contributed by atoms with Gasteiger partial charge in [-0.3, -0.25) is 4.79 Å². The Morgan fingerprint density at radius 3 is 2.35 bits per heavy atom. The quantitative estimate of drug-likeness (QED) is 0.791. The van der Waals surface area contributed by atoms with Crippen LogP contribution in [0.3, 0.4) is 0 Å². The van der Waals surface area contributed by atoms with Crippen molar-refractivity contribution in [1.29, 1.82) is 0 Å². The normalized spacial score (nSPS) is 20.2. The van der Waals surface area contributed by atoms with Crippen molar-refractivity contribution in [3.8, 4) is 0 Å². The van der Waals surface area contributed by atoms with Gasteiger partial charge in [-0.1, -0.05) is 19.3 Å². The minimum Gasteiger partial charge on any atom is -0.481 e. The fraction of sp³-hybridized carbons (Fsp3) is 0.909. The van der Waals surface area contributed by atoms with Crippen LogP contribution in [0.1, 0.15) is 32.1 Å². The van der Waals surface area contributed by atoms with Gasteiger partial charge in [-0.2, -0.15) is 13.2 Å². The zero-order valence-corrected chi connectivity index (χ0v) is 9.59. The summed E-state index contributed by atoms with van der Waals surface area (Å²) in [4.78, 5) is 10.5. The van der Waals surface area contributed by atoms with E-state index in [2.05, 4.69) is 5.32 Å². The Hall–Kier alpha value is -0.780. The number of hydrogen-bond donors (Lipinski definition) is 2. The first-order chi connectivity index (χ1) is 7.91. The first-order valence-corrected chi connectivity index (χ1v) is 5.91. The summed E-state index contributed by atoms with van der Waals surface area (Å²) in [5, 5.41) is 11.1. The van der Waals surface area contributed by atoms with Crippen LogP contribution in [0.15, 0.2) is 0 Å². The van der Waals surface area contributed by atoms with Crippen LogP contribution in [0.2, 0.25) is 0 Å². The first-order valence-electron chi connectivity index (χ1n) is 5.91. The highest BCUT2D eigenvalue weighted by Gasteiger charge is 2.44. The summed E-state index contributed by atoms with van der Waals surface area (Å²) in [7, 11) is 0. The van der Waals surface area contributed by atoms with Crippen LogP contribution in [0, 0.1) is 11.8 Å². The summed E-state index contributed by atoms with van der Waals surface area (Å²) in [5.41, 5.74) is 0. The molecule has 0 aromatic rings. The molecule has 1 atom stereocenters. The van der Waals surface area contributed by atoms with Crippen LogP contribution >= 0.6 is 0 Å². The Kier molecular flexibility index (Phi) is 5.24. The summed E-state index contributed by atoms with van der Waals surface area (Å²) in [6.45, 7) is -0.0464.